The van der Waals surface area contributed by atoms with Gasteiger partial charge in [0.05, 0.1) is 12.7 Å². The molecule has 0 radical (unpaired) electrons. The lowest BCUT2D eigenvalue weighted by molar-refractivity contribution is -0.145. The van der Waals surface area contributed by atoms with Crippen molar-refractivity contribution in [2.24, 2.45) is 0 Å². The van der Waals surface area contributed by atoms with Crippen LogP contribution >= 0.6 is 0 Å². The van der Waals surface area contributed by atoms with Crippen molar-refractivity contribution in [3.8, 4) is 11.1 Å². The first-order valence-corrected chi connectivity index (χ1v) is 12.1. The van der Waals surface area contributed by atoms with Gasteiger partial charge in [-0.1, -0.05) is 89.1 Å². The van der Waals surface area contributed by atoms with Gasteiger partial charge in [0.25, 0.3) is 0 Å². The van der Waals surface area contributed by atoms with Crippen LogP contribution in [-0.2, 0) is 21.6 Å². The molecule has 2 aromatic carbocycles. The summed E-state index contributed by atoms with van der Waals surface area (Å²) in [7, 11) is 0. The van der Waals surface area contributed by atoms with Gasteiger partial charge in [-0.25, -0.2) is 0 Å². The Labute approximate surface area is 193 Å². The van der Waals surface area contributed by atoms with Crippen LogP contribution in [0.1, 0.15) is 70.9 Å². The van der Waals surface area contributed by atoms with E-state index in [1.54, 1.807) is 0 Å². The van der Waals surface area contributed by atoms with Crippen molar-refractivity contribution in [3.63, 3.8) is 0 Å². The standard InChI is InChI=1S/C28H39NO3/c1-5-6-11-26(27(30)31)29-18-16-24(17-19-29)32-20-22-9-7-8-10-25(22)21-12-14-23(15-13-21)28(2,3)4/h7-10,12-15,24,26H,5-6,11,16-20H2,1-4H3,(H,30,31). The first-order valence-electron chi connectivity index (χ1n) is 12.1. The molecular formula is C28H39NO3. The SMILES string of the molecule is CCCCC(C(=O)O)N1CCC(OCc2ccccc2-c2ccc(C(C)(C)C)cc2)CC1. The number of hydrogen-bond acceptors (Lipinski definition) is 3. The minimum Gasteiger partial charge on any atom is -0.480 e. The Kier molecular flexibility index (Phi) is 8.50. The van der Waals surface area contributed by atoms with Crippen molar-refractivity contribution in [3.05, 3.63) is 59.7 Å². The smallest absolute Gasteiger partial charge is 0.320 e. The quantitative estimate of drug-likeness (QED) is 0.502. The third-order valence-electron chi connectivity index (χ3n) is 6.59. The summed E-state index contributed by atoms with van der Waals surface area (Å²) in [6, 6.07) is 17.0. The minimum absolute atomic E-state index is 0.145. The molecule has 0 aromatic heterocycles. The molecule has 1 saturated heterocycles. The maximum absolute atomic E-state index is 11.7. The maximum Gasteiger partial charge on any atom is 0.320 e. The number of carboxylic acid groups (broad SMARTS) is 1. The summed E-state index contributed by atoms with van der Waals surface area (Å²) >= 11 is 0. The fraction of sp³-hybridized carbons (Fsp3) is 0.536. The zero-order chi connectivity index (χ0) is 23.1. The van der Waals surface area contributed by atoms with Gasteiger partial charge >= 0.3 is 5.97 Å². The Balaban J connectivity index is 1.59. The van der Waals surface area contributed by atoms with Crippen LogP contribution in [-0.4, -0.2) is 41.2 Å². The average Bonchev–Trinajstić information content (AvgIpc) is 2.78. The van der Waals surface area contributed by atoms with Gasteiger partial charge < -0.3 is 9.84 Å². The molecule has 0 saturated carbocycles. The first kappa shape index (κ1) is 24.5. The number of aliphatic carboxylic acids is 1. The Bertz CT molecular complexity index is 861. The van der Waals surface area contributed by atoms with Gasteiger partial charge in [0.1, 0.15) is 6.04 Å². The summed E-state index contributed by atoms with van der Waals surface area (Å²) in [5.74, 6) is -0.691. The highest BCUT2D eigenvalue weighted by Crippen LogP contribution is 2.29. The third kappa shape index (κ3) is 6.43. The van der Waals surface area contributed by atoms with E-state index in [1.165, 1.54) is 22.3 Å². The number of unbranched alkanes of at least 4 members (excludes halogenated alkanes) is 1. The van der Waals surface area contributed by atoms with Gasteiger partial charge in [-0.2, -0.15) is 0 Å². The van der Waals surface area contributed by atoms with Crippen LogP contribution in [0.2, 0.25) is 0 Å². The van der Waals surface area contributed by atoms with Crippen LogP contribution in [0.15, 0.2) is 48.5 Å². The highest BCUT2D eigenvalue weighted by molar-refractivity contribution is 5.73. The van der Waals surface area contributed by atoms with E-state index in [1.807, 2.05) is 0 Å². The van der Waals surface area contributed by atoms with E-state index in [4.69, 9.17) is 4.74 Å². The summed E-state index contributed by atoms with van der Waals surface area (Å²) in [5, 5.41) is 9.60. The zero-order valence-electron chi connectivity index (χ0n) is 20.1. The first-order chi connectivity index (χ1) is 15.3. The Morgan fingerprint density at radius 2 is 1.75 bits per heavy atom. The van der Waals surface area contributed by atoms with E-state index < -0.39 is 5.97 Å². The van der Waals surface area contributed by atoms with Crippen LogP contribution in [0.5, 0.6) is 0 Å². The van der Waals surface area contributed by atoms with Crippen molar-refractivity contribution in [1.82, 2.24) is 4.90 Å². The topological polar surface area (TPSA) is 49.8 Å². The molecule has 1 N–H and O–H groups in total. The third-order valence-corrected chi connectivity index (χ3v) is 6.59. The second-order valence-electron chi connectivity index (χ2n) is 10.0. The lowest BCUT2D eigenvalue weighted by Crippen LogP contribution is -2.47. The lowest BCUT2D eigenvalue weighted by atomic mass is 9.86. The van der Waals surface area contributed by atoms with Crippen LogP contribution < -0.4 is 0 Å². The summed E-state index contributed by atoms with van der Waals surface area (Å²) in [4.78, 5) is 13.8. The molecule has 1 atom stereocenters. The second kappa shape index (κ2) is 11.1. The summed E-state index contributed by atoms with van der Waals surface area (Å²) in [6.07, 6.45) is 4.68. The molecule has 32 heavy (non-hydrogen) atoms. The number of piperidine rings is 1. The van der Waals surface area contributed by atoms with Crippen LogP contribution in [0.25, 0.3) is 11.1 Å². The van der Waals surface area contributed by atoms with Crippen LogP contribution in [0.4, 0.5) is 0 Å². The predicted molar refractivity (Wildman–Crippen MR) is 131 cm³/mol. The number of nitrogens with zero attached hydrogens (tertiary/aromatic N) is 1. The molecule has 4 nitrogen and oxygen atoms in total. The summed E-state index contributed by atoms with van der Waals surface area (Å²) < 4.78 is 6.30. The van der Waals surface area contributed by atoms with E-state index in [9.17, 15) is 9.90 Å². The van der Waals surface area contributed by atoms with Crippen molar-refractivity contribution in [2.75, 3.05) is 13.1 Å². The Morgan fingerprint density at radius 1 is 1.09 bits per heavy atom. The van der Waals surface area contributed by atoms with Gasteiger partial charge in [0, 0.05) is 13.1 Å². The fourth-order valence-electron chi connectivity index (χ4n) is 4.50. The average molecular weight is 438 g/mol. The van der Waals surface area contributed by atoms with Crippen molar-refractivity contribution < 1.29 is 14.6 Å². The number of rotatable bonds is 9. The molecule has 2 aromatic rings. The number of carboxylic acids is 1. The monoisotopic (exact) mass is 437 g/mol. The highest BCUT2D eigenvalue weighted by atomic mass is 16.5. The molecule has 0 amide bonds. The molecule has 174 valence electrons. The van der Waals surface area contributed by atoms with Crippen molar-refractivity contribution in [1.29, 1.82) is 0 Å². The van der Waals surface area contributed by atoms with Crippen molar-refractivity contribution in [2.45, 2.75) is 84.0 Å². The Morgan fingerprint density at radius 3 is 2.34 bits per heavy atom. The van der Waals surface area contributed by atoms with E-state index >= 15 is 0 Å². The van der Waals surface area contributed by atoms with Crippen molar-refractivity contribution >= 4 is 5.97 Å². The molecule has 1 aliphatic heterocycles. The Hall–Kier alpha value is -2.17. The molecule has 3 rings (SSSR count). The number of ether oxygens (including phenoxy) is 1. The van der Waals surface area contributed by atoms with Gasteiger partial charge in [-0.05, 0) is 46.9 Å². The largest absolute Gasteiger partial charge is 0.480 e. The molecule has 0 spiro atoms. The van der Waals surface area contributed by atoms with Gasteiger partial charge in [0.15, 0.2) is 0 Å². The van der Waals surface area contributed by atoms with Gasteiger partial charge in [-0.3, -0.25) is 9.69 Å². The summed E-state index contributed by atoms with van der Waals surface area (Å²) in [5.41, 5.74) is 5.11. The summed E-state index contributed by atoms with van der Waals surface area (Å²) in [6.45, 7) is 11.0. The molecule has 1 fully saturated rings. The predicted octanol–water partition coefficient (Wildman–Crippen LogP) is 6.28. The normalized spacial score (nSPS) is 16.8. The highest BCUT2D eigenvalue weighted by Gasteiger charge is 2.29. The number of carbonyl (C=O) groups is 1. The second-order valence-corrected chi connectivity index (χ2v) is 10.0. The van der Waals surface area contributed by atoms with Gasteiger partial charge in [-0.15, -0.1) is 0 Å². The molecule has 4 heteroatoms. The van der Waals surface area contributed by atoms with E-state index in [0.29, 0.717) is 6.61 Å². The van der Waals surface area contributed by atoms with Crippen LogP contribution in [0.3, 0.4) is 0 Å². The molecule has 1 unspecified atom stereocenters. The fourth-order valence-corrected chi connectivity index (χ4v) is 4.50. The molecular weight excluding hydrogens is 398 g/mol. The van der Waals surface area contributed by atoms with E-state index in [2.05, 4.69) is 81.1 Å². The number of hydrogen-bond donors (Lipinski definition) is 1. The number of benzene rings is 2. The zero-order valence-corrected chi connectivity index (χ0v) is 20.1. The maximum atomic E-state index is 11.7. The lowest BCUT2D eigenvalue weighted by Gasteiger charge is -2.35. The van der Waals surface area contributed by atoms with Gasteiger partial charge in [0.2, 0.25) is 0 Å². The van der Waals surface area contributed by atoms with E-state index in [-0.39, 0.29) is 17.6 Å². The number of likely N-dealkylation sites (tertiary alicyclic amines) is 1. The molecule has 0 bridgehead atoms. The minimum atomic E-state index is -0.691. The molecule has 1 heterocycles. The molecule has 0 aliphatic carbocycles. The van der Waals surface area contributed by atoms with Crippen LogP contribution in [0, 0.1) is 0 Å². The molecule has 1 aliphatic rings. The van der Waals surface area contributed by atoms with E-state index in [0.717, 1.165) is 45.2 Å².